The van der Waals surface area contributed by atoms with E-state index in [-0.39, 0.29) is 17.9 Å². The van der Waals surface area contributed by atoms with E-state index < -0.39 is 0 Å². The van der Waals surface area contributed by atoms with Crippen LogP contribution in [0.1, 0.15) is 52.0 Å². The van der Waals surface area contributed by atoms with Crippen LogP contribution in [0.4, 0.5) is 5.69 Å². The molecule has 0 bridgehead atoms. The number of carbonyl (C=O) groups is 2. The van der Waals surface area contributed by atoms with Crippen LogP contribution in [-0.4, -0.2) is 37.5 Å². The van der Waals surface area contributed by atoms with Gasteiger partial charge in [0.05, 0.1) is 6.54 Å². The first kappa shape index (κ1) is 21.4. The molecule has 1 aliphatic carbocycles. The van der Waals surface area contributed by atoms with Crippen LogP contribution in [0.5, 0.6) is 0 Å². The molecule has 0 aromatic heterocycles. The predicted molar refractivity (Wildman–Crippen MR) is 110 cm³/mol. The number of amides is 2. The van der Waals surface area contributed by atoms with Crippen LogP contribution in [0.3, 0.4) is 0 Å². The van der Waals surface area contributed by atoms with Gasteiger partial charge in [0.2, 0.25) is 0 Å². The Morgan fingerprint density at radius 2 is 1.81 bits per heavy atom. The van der Waals surface area contributed by atoms with Crippen LogP contribution in [0.2, 0.25) is 0 Å². The molecule has 150 valence electrons. The second-order valence-electron chi connectivity index (χ2n) is 8.16. The number of para-hydroxylation sites is 1. The van der Waals surface area contributed by atoms with E-state index in [9.17, 15) is 9.59 Å². The smallest absolute Gasteiger partial charge is 0.279 e. The zero-order valence-corrected chi connectivity index (χ0v) is 17.3. The molecule has 1 aromatic carbocycles. The minimum Gasteiger partial charge on any atom is -0.348 e. The Balaban J connectivity index is 1.87. The summed E-state index contributed by atoms with van der Waals surface area (Å²) in [5.74, 6) is 1.19. The molecular weight excluding hydrogens is 338 g/mol. The monoisotopic (exact) mass is 374 g/mol. The quantitative estimate of drug-likeness (QED) is 0.653. The summed E-state index contributed by atoms with van der Waals surface area (Å²) < 4.78 is 0. The van der Waals surface area contributed by atoms with Gasteiger partial charge in [-0.25, -0.2) is 0 Å². The summed E-state index contributed by atoms with van der Waals surface area (Å²) in [6.07, 6.45) is 4.44. The highest BCUT2D eigenvalue weighted by Crippen LogP contribution is 2.29. The van der Waals surface area contributed by atoms with Gasteiger partial charge in [-0.3, -0.25) is 9.59 Å². The number of quaternary nitrogens is 1. The number of hydrogen-bond donors (Lipinski definition) is 3. The molecule has 0 saturated heterocycles. The van der Waals surface area contributed by atoms with Gasteiger partial charge in [0.1, 0.15) is 0 Å². The molecule has 3 N–H and O–H groups in total. The van der Waals surface area contributed by atoms with Crippen molar-refractivity contribution in [2.75, 3.05) is 25.0 Å². The Labute approximate surface area is 163 Å². The highest BCUT2D eigenvalue weighted by molar-refractivity contribution is 5.92. The maximum Gasteiger partial charge on any atom is 0.279 e. The summed E-state index contributed by atoms with van der Waals surface area (Å²) in [4.78, 5) is 26.0. The van der Waals surface area contributed by atoms with Crippen molar-refractivity contribution in [1.82, 2.24) is 5.32 Å². The minimum atomic E-state index is -0.0415. The molecule has 2 rings (SSSR count). The number of aryl methyl sites for hydroxylation is 1. The van der Waals surface area contributed by atoms with E-state index in [1.54, 1.807) is 0 Å². The third-order valence-corrected chi connectivity index (χ3v) is 5.90. The number of rotatable bonds is 8. The molecule has 1 aromatic rings. The molecule has 5 nitrogen and oxygen atoms in total. The number of carbonyl (C=O) groups excluding carboxylic acids is 2. The molecule has 27 heavy (non-hydrogen) atoms. The molecular formula is C22H36N3O2+. The first-order chi connectivity index (χ1) is 12.9. The lowest BCUT2D eigenvalue weighted by atomic mass is 9.78. The largest absolute Gasteiger partial charge is 0.348 e. The third-order valence-electron chi connectivity index (χ3n) is 5.90. The van der Waals surface area contributed by atoms with Gasteiger partial charge in [0.25, 0.3) is 11.8 Å². The van der Waals surface area contributed by atoms with Crippen molar-refractivity contribution >= 4 is 17.5 Å². The Kier molecular flexibility index (Phi) is 8.29. The molecule has 0 aliphatic heterocycles. The lowest BCUT2D eigenvalue weighted by Crippen LogP contribution is -3.14. The van der Waals surface area contributed by atoms with Gasteiger partial charge in [-0.05, 0) is 43.2 Å². The van der Waals surface area contributed by atoms with Crippen molar-refractivity contribution in [3.05, 3.63) is 29.8 Å². The molecule has 0 radical (unpaired) electrons. The number of nitrogens with one attached hydrogen (secondary N) is 3. The van der Waals surface area contributed by atoms with Crippen LogP contribution < -0.4 is 15.5 Å². The van der Waals surface area contributed by atoms with Crippen molar-refractivity contribution < 1.29 is 14.5 Å². The van der Waals surface area contributed by atoms with Gasteiger partial charge in [-0.2, -0.15) is 0 Å². The van der Waals surface area contributed by atoms with Gasteiger partial charge >= 0.3 is 0 Å². The summed E-state index contributed by atoms with van der Waals surface area (Å²) in [5, 5.41) is 6.20. The standard InChI is InChI=1S/C22H35N3O2/c1-5-13-25(14-21(26)23-19-11-7-6-9-17(19)3)15-22(27)24-20-12-8-10-16(2)18(20)4/h6-7,9,11,16,18,20H,5,8,10,12-15H2,1-4H3,(H,23,26)(H,24,27)/p+1/t16-,18-,20-/m0/s1. The average molecular weight is 375 g/mol. The van der Waals surface area contributed by atoms with Crippen molar-refractivity contribution in [2.45, 2.75) is 59.4 Å². The molecule has 1 aliphatic rings. The molecule has 0 heterocycles. The van der Waals surface area contributed by atoms with E-state index in [0.29, 0.717) is 24.9 Å². The Morgan fingerprint density at radius 1 is 1.11 bits per heavy atom. The van der Waals surface area contributed by atoms with Crippen molar-refractivity contribution in [2.24, 2.45) is 11.8 Å². The van der Waals surface area contributed by atoms with Gasteiger partial charge in [-0.15, -0.1) is 0 Å². The molecule has 0 spiro atoms. The summed E-state index contributed by atoms with van der Waals surface area (Å²) in [6.45, 7) is 10.0. The van der Waals surface area contributed by atoms with Crippen LogP contribution in [0, 0.1) is 18.8 Å². The fraction of sp³-hybridized carbons (Fsp3) is 0.636. The van der Waals surface area contributed by atoms with Gasteiger partial charge in [0.15, 0.2) is 13.1 Å². The molecule has 2 amide bonds. The highest BCUT2D eigenvalue weighted by atomic mass is 16.2. The summed E-state index contributed by atoms with van der Waals surface area (Å²) in [7, 11) is 0. The van der Waals surface area contributed by atoms with E-state index in [0.717, 1.165) is 35.5 Å². The van der Waals surface area contributed by atoms with Gasteiger partial charge < -0.3 is 15.5 Å². The second kappa shape index (κ2) is 10.5. The molecule has 1 saturated carbocycles. The molecule has 1 fully saturated rings. The van der Waals surface area contributed by atoms with Crippen LogP contribution in [0.25, 0.3) is 0 Å². The van der Waals surface area contributed by atoms with E-state index >= 15 is 0 Å². The second-order valence-corrected chi connectivity index (χ2v) is 8.16. The van der Waals surface area contributed by atoms with E-state index in [4.69, 9.17) is 0 Å². The lowest BCUT2D eigenvalue weighted by molar-refractivity contribution is -0.883. The Morgan fingerprint density at radius 3 is 2.52 bits per heavy atom. The van der Waals surface area contributed by atoms with Crippen LogP contribution in [0.15, 0.2) is 24.3 Å². The van der Waals surface area contributed by atoms with E-state index in [2.05, 4.69) is 31.4 Å². The van der Waals surface area contributed by atoms with Gasteiger partial charge in [0, 0.05) is 11.7 Å². The van der Waals surface area contributed by atoms with Crippen LogP contribution in [-0.2, 0) is 9.59 Å². The number of benzene rings is 1. The molecule has 1 unspecified atom stereocenters. The van der Waals surface area contributed by atoms with Crippen molar-refractivity contribution in [3.8, 4) is 0 Å². The summed E-state index contributed by atoms with van der Waals surface area (Å²) in [5.41, 5.74) is 1.88. The summed E-state index contributed by atoms with van der Waals surface area (Å²) >= 11 is 0. The Bertz CT molecular complexity index is 632. The average Bonchev–Trinajstić information content (AvgIpc) is 2.61. The maximum atomic E-state index is 12.6. The predicted octanol–water partition coefficient (Wildman–Crippen LogP) is 2.17. The van der Waals surface area contributed by atoms with Crippen molar-refractivity contribution in [3.63, 3.8) is 0 Å². The van der Waals surface area contributed by atoms with Crippen molar-refractivity contribution in [1.29, 1.82) is 0 Å². The van der Waals surface area contributed by atoms with E-state index in [1.807, 2.05) is 31.2 Å². The highest BCUT2D eigenvalue weighted by Gasteiger charge is 2.29. The zero-order chi connectivity index (χ0) is 19.8. The third kappa shape index (κ3) is 6.65. The number of anilines is 1. The SMILES string of the molecule is CCC[NH+](CC(=O)Nc1ccccc1C)CC(=O)N[C@H]1CCC[C@H](C)[C@@H]1C. The van der Waals surface area contributed by atoms with Crippen LogP contribution >= 0.6 is 0 Å². The Hall–Kier alpha value is -1.88. The fourth-order valence-corrected chi connectivity index (χ4v) is 4.00. The maximum absolute atomic E-state index is 12.6. The first-order valence-corrected chi connectivity index (χ1v) is 10.4. The van der Waals surface area contributed by atoms with Gasteiger partial charge in [-0.1, -0.05) is 51.8 Å². The lowest BCUT2D eigenvalue weighted by Gasteiger charge is -2.34. The summed E-state index contributed by atoms with van der Waals surface area (Å²) in [6, 6.07) is 8.03. The molecule has 5 heteroatoms. The topological polar surface area (TPSA) is 62.6 Å². The fourth-order valence-electron chi connectivity index (χ4n) is 4.00. The molecule has 4 atom stereocenters. The zero-order valence-electron chi connectivity index (χ0n) is 17.3. The first-order valence-electron chi connectivity index (χ1n) is 10.4. The minimum absolute atomic E-state index is 0.0415. The normalized spacial score (nSPS) is 23.5. The number of hydrogen-bond acceptors (Lipinski definition) is 2. The van der Waals surface area contributed by atoms with E-state index in [1.165, 1.54) is 12.8 Å².